The summed E-state index contributed by atoms with van der Waals surface area (Å²) in [7, 11) is 0. The summed E-state index contributed by atoms with van der Waals surface area (Å²) in [5, 5.41) is 0. The highest BCUT2D eigenvalue weighted by Gasteiger charge is 2.25. The summed E-state index contributed by atoms with van der Waals surface area (Å²) >= 11 is 0. The van der Waals surface area contributed by atoms with E-state index in [4.69, 9.17) is 9.15 Å². The lowest BCUT2D eigenvalue weighted by Gasteiger charge is -2.35. The summed E-state index contributed by atoms with van der Waals surface area (Å²) in [6.45, 7) is 3.26. The molecule has 32 heavy (non-hydrogen) atoms. The maximum atomic E-state index is 14.4. The van der Waals surface area contributed by atoms with Crippen molar-refractivity contribution in [3.05, 3.63) is 83.3 Å². The SMILES string of the molecule is CC(=O)c1ccc(N2CCN(C(=O)c3ccc(COc4ccc(F)cc4)o3)CC2)c(F)c1. The van der Waals surface area contributed by atoms with Gasteiger partial charge in [0.25, 0.3) is 5.91 Å². The van der Waals surface area contributed by atoms with Crippen LogP contribution in [-0.2, 0) is 6.61 Å². The quantitative estimate of drug-likeness (QED) is 0.535. The minimum atomic E-state index is -0.450. The van der Waals surface area contributed by atoms with Gasteiger partial charge in [-0.15, -0.1) is 0 Å². The summed E-state index contributed by atoms with van der Waals surface area (Å²) in [5.74, 6) is -0.0577. The van der Waals surface area contributed by atoms with Gasteiger partial charge < -0.3 is 19.0 Å². The molecule has 0 bridgehead atoms. The number of benzene rings is 2. The Kier molecular flexibility index (Phi) is 6.20. The molecule has 6 nitrogen and oxygen atoms in total. The van der Waals surface area contributed by atoms with Crippen molar-refractivity contribution in [1.82, 2.24) is 4.90 Å². The van der Waals surface area contributed by atoms with Crippen LogP contribution in [0.15, 0.2) is 59.0 Å². The van der Waals surface area contributed by atoms with Crippen LogP contribution in [0.1, 0.15) is 33.6 Å². The van der Waals surface area contributed by atoms with Crippen LogP contribution >= 0.6 is 0 Å². The standard InChI is InChI=1S/C24H22F2N2O4/c1-16(29)17-2-8-22(21(26)14-17)27-10-12-28(13-11-27)24(30)23-9-7-20(32-23)15-31-19-5-3-18(25)4-6-19/h2-9,14H,10-13,15H2,1H3. The third kappa shape index (κ3) is 4.80. The van der Waals surface area contributed by atoms with E-state index < -0.39 is 5.82 Å². The van der Waals surface area contributed by atoms with E-state index >= 15 is 0 Å². The van der Waals surface area contributed by atoms with Crippen molar-refractivity contribution in [2.75, 3.05) is 31.1 Å². The summed E-state index contributed by atoms with van der Waals surface area (Å²) in [6, 6.07) is 13.3. The number of ketones is 1. The fourth-order valence-electron chi connectivity index (χ4n) is 3.54. The lowest BCUT2D eigenvalue weighted by atomic mass is 10.1. The maximum Gasteiger partial charge on any atom is 0.289 e. The van der Waals surface area contributed by atoms with Crippen LogP contribution in [0.2, 0.25) is 0 Å². The highest BCUT2D eigenvalue weighted by molar-refractivity contribution is 5.94. The molecular formula is C24H22F2N2O4. The van der Waals surface area contributed by atoms with Crippen LogP contribution < -0.4 is 9.64 Å². The van der Waals surface area contributed by atoms with Gasteiger partial charge in [0.15, 0.2) is 11.5 Å². The fourth-order valence-corrected chi connectivity index (χ4v) is 3.54. The number of carbonyl (C=O) groups is 2. The normalized spacial score (nSPS) is 13.8. The molecule has 1 saturated heterocycles. The Balaban J connectivity index is 1.33. The van der Waals surface area contributed by atoms with Crippen molar-refractivity contribution in [2.24, 2.45) is 0 Å². The molecule has 2 heterocycles. The third-order valence-corrected chi connectivity index (χ3v) is 5.33. The number of rotatable bonds is 6. The number of amides is 1. The van der Waals surface area contributed by atoms with Crippen molar-refractivity contribution in [1.29, 1.82) is 0 Å². The summed E-state index contributed by atoms with van der Waals surface area (Å²) in [5.41, 5.74) is 0.748. The number of ether oxygens (including phenoxy) is 1. The Bertz CT molecular complexity index is 1120. The maximum absolute atomic E-state index is 14.4. The van der Waals surface area contributed by atoms with Crippen LogP contribution in [0.3, 0.4) is 0 Å². The van der Waals surface area contributed by atoms with Crippen LogP contribution in [0, 0.1) is 11.6 Å². The van der Waals surface area contributed by atoms with Gasteiger partial charge in [-0.3, -0.25) is 9.59 Å². The zero-order valence-electron chi connectivity index (χ0n) is 17.5. The molecule has 1 aromatic heterocycles. The van der Waals surface area contributed by atoms with Crippen LogP contribution in [-0.4, -0.2) is 42.8 Å². The Morgan fingerprint density at radius 1 is 0.969 bits per heavy atom. The molecule has 1 aliphatic heterocycles. The molecule has 0 aliphatic carbocycles. The second kappa shape index (κ2) is 9.21. The average Bonchev–Trinajstić information content (AvgIpc) is 3.27. The first-order chi connectivity index (χ1) is 15.4. The first-order valence-electron chi connectivity index (χ1n) is 10.2. The lowest BCUT2D eigenvalue weighted by Crippen LogP contribution is -2.49. The van der Waals surface area contributed by atoms with E-state index in [1.165, 1.54) is 37.3 Å². The van der Waals surface area contributed by atoms with E-state index in [1.54, 1.807) is 29.2 Å². The van der Waals surface area contributed by atoms with Crippen molar-refractivity contribution < 1.29 is 27.5 Å². The number of anilines is 1. The number of nitrogens with zero attached hydrogens (tertiary/aromatic N) is 2. The first-order valence-corrected chi connectivity index (χ1v) is 10.2. The molecule has 1 aliphatic rings. The molecule has 1 fully saturated rings. The molecule has 0 N–H and O–H groups in total. The number of hydrogen-bond donors (Lipinski definition) is 0. The summed E-state index contributed by atoms with van der Waals surface area (Å²) in [6.07, 6.45) is 0. The molecule has 0 atom stereocenters. The van der Waals surface area contributed by atoms with Gasteiger partial charge in [0, 0.05) is 31.7 Å². The Morgan fingerprint density at radius 2 is 1.69 bits per heavy atom. The van der Waals surface area contributed by atoms with Crippen LogP contribution in [0.4, 0.5) is 14.5 Å². The van der Waals surface area contributed by atoms with E-state index in [9.17, 15) is 18.4 Å². The highest BCUT2D eigenvalue weighted by Crippen LogP contribution is 2.23. The topological polar surface area (TPSA) is 63.0 Å². The van der Waals surface area contributed by atoms with E-state index in [0.29, 0.717) is 48.9 Å². The molecule has 2 aromatic carbocycles. The van der Waals surface area contributed by atoms with Crippen LogP contribution in [0.25, 0.3) is 0 Å². The van der Waals surface area contributed by atoms with E-state index in [1.807, 2.05) is 4.90 Å². The summed E-state index contributed by atoms with van der Waals surface area (Å²) < 4.78 is 38.5. The van der Waals surface area contributed by atoms with Crippen molar-refractivity contribution in [2.45, 2.75) is 13.5 Å². The Hall–Kier alpha value is -3.68. The van der Waals surface area contributed by atoms with Gasteiger partial charge in [-0.2, -0.15) is 0 Å². The first kappa shape index (κ1) is 21.5. The lowest BCUT2D eigenvalue weighted by molar-refractivity contribution is 0.0710. The molecule has 0 spiro atoms. The molecule has 166 valence electrons. The van der Waals surface area contributed by atoms with Gasteiger partial charge >= 0.3 is 0 Å². The predicted molar refractivity (Wildman–Crippen MR) is 114 cm³/mol. The predicted octanol–water partition coefficient (Wildman–Crippen LogP) is 4.30. The molecule has 0 radical (unpaired) electrons. The second-order valence-corrected chi connectivity index (χ2v) is 7.51. The van der Waals surface area contributed by atoms with Crippen LogP contribution in [0.5, 0.6) is 5.75 Å². The van der Waals surface area contributed by atoms with Gasteiger partial charge in [-0.1, -0.05) is 0 Å². The molecule has 4 rings (SSSR count). The van der Waals surface area contributed by atoms with Crippen molar-refractivity contribution in [3.63, 3.8) is 0 Å². The zero-order valence-corrected chi connectivity index (χ0v) is 17.5. The van der Waals surface area contributed by atoms with Gasteiger partial charge in [0.1, 0.15) is 29.8 Å². The van der Waals surface area contributed by atoms with Gasteiger partial charge in [-0.05, 0) is 61.5 Å². The molecule has 1 amide bonds. The smallest absolute Gasteiger partial charge is 0.289 e. The molecule has 8 heteroatoms. The number of carbonyl (C=O) groups excluding carboxylic acids is 2. The number of halogens is 2. The van der Waals surface area contributed by atoms with Crippen molar-refractivity contribution >= 4 is 17.4 Å². The van der Waals surface area contributed by atoms with Gasteiger partial charge in [0.2, 0.25) is 0 Å². The Labute approximate surface area is 184 Å². The second-order valence-electron chi connectivity index (χ2n) is 7.51. The Morgan fingerprint density at radius 3 is 2.34 bits per heavy atom. The minimum absolute atomic E-state index is 0.113. The number of hydrogen-bond acceptors (Lipinski definition) is 5. The molecule has 0 saturated carbocycles. The van der Waals surface area contributed by atoms with Gasteiger partial charge in [0.05, 0.1) is 5.69 Å². The largest absolute Gasteiger partial charge is 0.486 e. The molecule has 3 aromatic rings. The molecular weight excluding hydrogens is 418 g/mol. The number of piperazine rings is 1. The minimum Gasteiger partial charge on any atom is -0.486 e. The zero-order chi connectivity index (χ0) is 22.7. The van der Waals surface area contributed by atoms with E-state index in [-0.39, 0.29) is 29.9 Å². The number of Topliss-reactive ketones (excluding diaryl/α,β-unsaturated/α-hetero) is 1. The number of furan rings is 1. The van der Waals surface area contributed by atoms with Gasteiger partial charge in [-0.25, -0.2) is 8.78 Å². The average molecular weight is 440 g/mol. The fraction of sp³-hybridized carbons (Fsp3) is 0.250. The highest BCUT2D eigenvalue weighted by atomic mass is 19.1. The monoisotopic (exact) mass is 440 g/mol. The molecule has 0 unspecified atom stereocenters. The summed E-state index contributed by atoms with van der Waals surface area (Å²) in [4.78, 5) is 27.7. The van der Waals surface area contributed by atoms with Crippen molar-refractivity contribution in [3.8, 4) is 5.75 Å². The van der Waals surface area contributed by atoms with E-state index in [0.717, 1.165) is 0 Å². The third-order valence-electron chi connectivity index (χ3n) is 5.33. The van der Waals surface area contributed by atoms with E-state index in [2.05, 4.69) is 0 Å².